The minimum Gasteiger partial charge on any atom is -0.486 e. The molecule has 0 bridgehead atoms. The average Bonchev–Trinajstić information content (AvgIpc) is 2.85. The van der Waals surface area contributed by atoms with E-state index in [2.05, 4.69) is 55.5 Å². The van der Waals surface area contributed by atoms with Crippen LogP contribution in [0, 0.1) is 0 Å². The van der Waals surface area contributed by atoms with Crippen molar-refractivity contribution < 1.29 is 4.74 Å². The zero-order valence-corrected chi connectivity index (χ0v) is 21.8. The number of hydrogen-bond donors (Lipinski definition) is 0. The fourth-order valence-electron chi connectivity index (χ4n) is 4.49. The summed E-state index contributed by atoms with van der Waals surface area (Å²) in [6, 6.07) is 20.9. The molecule has 0 aliphatic carbocycles. The molecule has 0 saturated carbocycles. The summed E-state index contributed by atoms with van der Waals surface area (Å²) in [7, 11) is 0. The number of ether oxygens (including phenoxy) is 1. The van der Waals surface area contributed by atoms with Crippen LogP contribution in [0.25, 0.3) is 0 Å². The molecular weight excluding hydrogens is 420 g/mol. The van der Waals surface area contributed by atoms with E-state index in [1.807, 2.05) is 12.1 Å². The van der Waals surface area contributed by atoms with Gasteiger partial charge in [-0.2, -0.15) is 0 Å². The highest BCUT2D eigenvalue weighted by Gasteiger charge is 2.20. The molecule has 2 aromatic rings. The molecule has 0 saturated heterocycles. The van der Waals surface area contributed by atoms with E-state index in [0.717, 1.165) is 13.0 Å². The van der Waals surface area contributed by atoms with E-state index in [1.54, 1.807) is 0 Å². The Morgan fingerprint density at radius 3 is 1.33 bits per heavy atom. The van der Waals surface area contributed by atoms with Crippen LogP contribution in [0.2, 0.25) is 0 Å². The van der Waals surface area contributed by atoms with Crippen LogP contribution in [0.3, 0.4) is 0 Å². The van der Waals surface area contributed by atoms with Crippen molar-refractivity contribution in [2.45, 2.75) is 109 Å². The van der Waals surface area contributed by atoms with Gasteiger partial charge in [-0.3, -0.25) is 0 Å². The highest BCUT2D eigenvalue weighted by Crippen LogP contribution is 2.27. The molecular formula is C31H46OS. The molecule has 0 fully saturated rings. The molecule has 0 amide bonds. The van der Waals surface area contributed by atoms with Crippen molar-refractivity contribution >= 4 is 17.3 Å². The van der Waals surface area contributed by atoms with E-state index in [9.17, 15) is 0 Å². The van der Waals surface area contributed by atoms with Crippen LogP contribution in [-0.2, 0) is 4.74 Å². The molecule has 0 heterocycles. The predicted octanol–water partition coefficient (Wildman–Crippen LogP) is 10.0. The Hall–Kier alpha value is -1.67. The molecule has 0 aromatic heterocycles. The van der Waals surface area contributed by atoms with Crippen molar-refractivity contribution in [3.05, 3.63) is 71.8 Å². The second-order valence-electron chi connectivity index (χ2n) is 9.37. The molecule has 33 heavy (non-hydrogen) atoms. The Bertz CT molecular complexity index is 673. The van der Waals surface area contributed by atoms with E-state index in [-0.39, 0.29) is 5.92 Å². The summed E-state index contributed by atoms with van der Waals surface area (Å²) in [6.07, 6.45) is 20.6. The first-order valence-electron chi connectivity index (χ1n) is 13.6. The van der Waals surface area contributed by atoms with Gasteiger partial charge in [0, 0.05) is 0 Å². The first-order valence-corrected chi connectivity index (χ1v) is 14.0. The molecule has 0 aliphatic rings. The van der Waals surface area contributed by atoms with Gasteiger partial charge in [-0.1, -0.05) is 157 Å². The third-order valence-electron chi connectivity index (χ3n) is 6.49. The van der Waals surface area contributed by atoms with Gasteiger partial charge < -0.3 is 4.74 Å². The van der Waals surface area contributed by atoms with Crippen molar-refractivity contribution in [3.63, 3.8) is 0 Å². The number of unbranched alkanes of at least 4 members (excludes halogenated alkanes) is 14. The fourth-order valence-corrected chi connectivity index (χ4v) is 4.84. The lowest BCUT2D eigenvalue weighted by Gasteiger charge is -2.19. The van der Waals surface area contributed by atoms with Crippen LogP contribution in [0.5, 0.6) is 0 Å². The fraction of sp³-hybridized carbons (Fsp3) is 0.581. The molecule has 0 aliphatic heterocycles. The second-order valence-corrected chi connectivity index (χ2v) is 9.77. The van der Waals surface area contributed by atoms with Crippen LogP contribution in [0.4, 0.5) is 0 Å². The van der Waals surface area contributed by atoms with Crippen LogP contribution < -0.4 is 0 Å². The third-order valence-corrected chi connectivity index (χ3v) is 6.85. The standard InChI is InChI=1S/C31H46OS/c1-2-3-4-5-6-7-8-9-10-11-12-13-14-15-22-27-32-31(33)30(28-23-18-16-19-24-28)29-25-20-17-21-26-29/h16-21,23-26,30H,2-15,22,27H2,1H3. The van der Waals surface area contributed by atoms with Gasteiger partial charge in [0.25, 0.3) is 0 Å². The molecule has 0 atom stereocenters. The highest BCUT2D eigenvalue weighted by molar-refractivity contribution is 7.80. The van der Waals surface area contributed by atoms with Gasteiger partial charge in [0.2, 0.25) is 0 Å². The minimum absolute atomic E-state index is 0.0266. The number of benzene rings is 2. The Balaban J connectivity index is 1.50. The summed E-state index contributed by atoms with van der Waals surface area (Å²) < 4.78 is 6.06. The summed E-state index contributed by atoms with van der Waals surface area (Å²) in [5.41, 5.74) is 2.40. The lowest BCUT2D eigenvalue weighted by Crippen LogP contribution is -2.16. The normalized spacial score (nSPS) is 11.1. The first kappa shape index (κ1) is 27.6. The third kappa shape index (κ3) is 12.4. The zero-order chi connectivity index (χ0) is 23.4. The van der Waals surface area contributed by atoms with Gasteiger partial charge in [0.15, 0.2) is 5.05 Å². The van der Waals surface area contributed by atoms with Crippen molar-refractivity contribution in [2.75, 3.05) is 6.61 Å². The SMILES string of the molecule is CCCCCCCCCCCCCCCCCOC(=S)C(c1ccccc1)c1ccccc1. The number of thiocarbonyl (C=S) groups is 1. The van der Waals surface area contributed by atoms with Gasteiger partial charge in [0.05, 0.1) is 12.5 Å². The molecule has 2 rings (SSSR count). The Morgan fingerprint density at radius 2 is 0.939 bits per heavy atom. The quantitative estimate of drug-likeness (QED) is 0.150. The molecule has 0 N–H and O–H groups in total. The van der Waals surface area contributed by atoms with Gasteiger partial charge >= 0.3 is 0 Å². The van der Waals surface area contributed by atoms with E-state index < -0.39 is 0 Å². The van der Waals surface area contributed by atoms with Crippen molar-refractivity contribution in [2.24, 2.45) is 0 Å². The van der Waals surface area contributed by atoms with Crippen LogP contribution >= 0.6 is 12.2 Å². The summed E-state index contributed by atoms with van der Waals surface area (Å²) in [4.78, 5) is 0. The zero-order valence-electron chi connectivity index (χ0n) is 21.0. The van der Waals surface area contributed by atoms with Crippen LogP contribution in [0.1, 0.15) is 120 Å². The van der Waals surface area contributed by atoms with E-state index in [4.69, 9.17) is 17.0 Å². The Morgan fingerprint density at radius 1 is 0.576 bits per heavy atom. The lowest BCUT2D eigenvalue weighted by atomic mass is 9.92. The van der Waals surface area contributed by atoms with Crippen molar-refractivity contribution in [1.29, 1.82) is 0 Å². The Labute approximate surface area is 209 Å². The molecule has 0 spiro atoms. The maximum absolute atomic E-state index is 6.06. The summed E-state index contributed by atoms with van der Waals surface area (Å²) in [5, 5.41) is 0.692. The van der Waals surface area contributed by atoms with Gasteiger partial charge in [-0.25, -0.2) is 0 Å². The summed E-state index contributed by atoms with van der Waals surface area (Å²) in [6.45, 7) is 3.02. The van der Waals surface area contributed by atoms with Gasteiger partial charge in [0.1, 0.15) is 0 Å². The first-order chi connectivity index (χ1) is 16.3. The summed E-state index contributed by atoms with van der Waals surface area (Å²) >= 11 is 5.72. The van der Waals surface area contributed by atoms with E-state index in [1.165, 1.54) is 101 Å². The molecule has 182 valence electrons. The Kier molecular flexibility index (Phi) is 15.6. The molecule has 1 nitrogen and oxygen atoms in total. The van der Waals surface area contributed by atoms with E-state index >= 15 is 0 Å². The summed E-state index contributed by atoms with van der Waals surface area (Å²) in [5.74, 6) is 0.0266. The van der Waals surface area contributed by atoms with Crippen LogP contribution in [0.15, 0.2) is 60.7 Å². The molecule has 0 unspecified atom stereocenters. The van der Waals surface area contributed by atoms with Crippen LogP contribution in [-0.4, -0.2) is 11.7 Å². The lowest BCUT2D eigenvalue weighted by molar-refractivity contribution is 0.290. The topological polar surface area (TPSA) is 9.23 Å². The smallest absolute Gasteiger partial charge is 0.171 e. The number of hydrogen-bond acceptors (Lipinski definition) is 2. The highest BCUT2D eigenvalue weighted by atomic mass is 32.1. The maximum atomic E-state index is 6.06. The monoisotopic (exact) mass is 466 g/mol. The van der Waals surface area contributed by atoms with Gasteiger partial charge in [-0.15, -0.1) is 0 Å². The van der Waals surface area contributed by atoms with Gasteiger partial charge in [-0.05, 0) is 29.8 Å². The maximum Gasteiger partial charge on any atom is 0.171 e. The number of rotatable bonds is 19. The predicted molar refractivity (Wildman–Crippen MR) is 148 cm³/mol. The second kappa shape index (κ2) is 18.7. The minimum atomic E-state index is 0.0266. The molecule has 2 aromatic carbocycles. The van der Waals surface area contributed by atoms with E-state index in [0.29, 0.717) is 5.05 Å². The molecule has 2 heteroatoms. The van der Waals surface area contributed by atoms with Crippen molar-refractivity contribution in [3.8, 4) is 0 Å². The average molecular weight is 467 g/mol. The largest absolute Gasteiger partial charge is 0.486 e. The van der Waals surface area contributed by atoms with Crippen molar-refractivity contribution in [1.82, 2.24) is 0 Å². The molecule has 0 radical (unpaired) electrons.